The summed E-state index contributed by atoms with van der Waals surface area (Å²) in [6.07, 6.45) is 11.5. The second-order valence-corrected chi connectivity index (χ2v) is 6.58. The predicted octanol–water partition coefficient (Wildman–Crippen LogP) is 3.62. The molecule has 114 valence electrons. The van der Waals surface area contributed by atoms with E-state index in [1.54, 1.807) is 0 Å². The molecule has 0 aliphatic heterocycles. The summed E-state index contributed by atoms with van der Waals surface area (Å²) in [6.45, 7) is 6.03. The molecule has 1 aromatic rings. The van der Waals surface area contributed by atoms with Gasteiger partial charge in [0.25, 0.3) is 0 Å². The van der Waals surface area contributed by atoms with E-state index in [4.69, 9.17) is 4.74 Å². The highest BCUT2D eigenvalue weighted by atomic mass is 16.5. The summed E-state index contributed by atoms with van der Waals surface area (Å²) in [5.74, 6) is 2.36. The number of aromatic nitrogens is 1. The van der Waals surface area contributed by atoms with Crippen molar-refractivity contribution in [3.63, 3.8) is 0 Å². The lowest BCUT2D eigenvalue weighted by molar-refractivity contribution is 0.196. The van der Waals surface area contributed by atoms with Crippen LogP contribution in [0, 0.1) is 18.8 Å². The maximum Gasteiger partial charge on any atom is 0.127 e. The van der Waals surface area contributed by atoms with Crippen LogP contribution in [0.5, 0.6) is 5.75 Å². The third-order valence-corrected chi connectivity index (χ3v) is 4.61. The summed E-state index contributed by atoms with van der Waals surface area (Å²) >= 11 is 0. The van der Waals surface area contributed by atoms with Crippen LogP contribution >= 0.6 is 0 Å². The molecule has 2 atom stereocenters. The van der Waals surface area contributed by atoms with E-state index in [2.05, 4.69) is 35.4 Å². The van der Waals surface area contributed by atoms with Gasteiger partial charge in [0.1, 0.15) is 5.75 Å². The highest BCUT2D eigenvalue weighted by Crippen LogP contribution is 2.27. The Morgan fingerprint density at radius 3 is 2.86 bits per heavy atom. The Labute approximate surface area is 127 Å². The third-order valence-electron chi connectivity index (χ3n) is 4.61. The van der Waals surface area contributed by atoms with E-state index in [-0.39, 0.29) is 0 Å². The molecule has 3 rings (SSSR count). The molecular formula is C18H26N2O. The Morgan fingerprint density at radius 1 is 1.29 bits per heavy atom. The van der Waals surface area contributed by atoms with Gasteiger partial charge in [0.15, 0.2) is 0 Å². The Morgan fingerprint density at radius 2 is 2.10 bits per heavy atom. The van der Waals surface area contributed by atoms with Crippen molar-refractivity contribution in [1.29, 1.82) is 0 Å². The summed E-state index contributed by atoms with van der Waals surface area (Å²) in [5.41, 5.74) is 2.21. The van der Waals surface area contributed by atoms with Gasteiger partial charge in [0, 0.05) is 36.1 Å². The quantitative estimate of drug-likeness (QED) is 0.811. The predicted molar refractivity (Wildman–Crippen MR) is 85.4 cm³/mol. The van der Waals surface area contributed by atoms with Gasteiger partial charge in [-0.2, -0.15) is 0 Å². The molecular weight excluding hydrogens is 260 g/mol. The van der Waals surface area contributed by atoms with Gasteiger partial charge in [-0.15, -0.1) is 0 Å². The average Bonchev–Trinajstić information content (AvgIpc) is 3.30. The largest absolute Gasteiger partial charge is 0.493 e. The smallest absolute Gasteiger partial charge is 0.127 e. The van der Waals surface area contributed by atoms with Gasteiger partial charge in [-0.25, -0.2) is 0 Å². The third kappa shape index (κ3) is 4.07. The molecule has 3 heteroatoms. The van der Waals surface area contributed by atoms with Gasteiger partial charge in [-0.05, 0) is 44.4 Å². The fraction of sp³-hybridized carbons (Fsp3) is 0.611. The number of ether oxygens (including phenoxy) is 1. The monoisotopic (exact) mass is 286 g/mol. The second-order valence-electron chi connectivity index (χ2n) is 6.58. The maximum atomic E-state index is 6.17. The number of nitrogens with one attached hydrogen (secondary N) is 1. The number of pyridine rings is 1. The SMILES string of the molecule is Cc1cc(OCC2CC=CCC2C)c(CNC2CC2)cn1. The number of hydrogen-bond donors (Lipinski definition) is 1. The van der Waals surface area contributed by atoms with E-state index >= 15 is 0 Å². The van der Waals surface area contributed by atoms with Crippen molar-refractivity contribution < 1.29 is 4.74 Å². The number of hydrogen-bond acceptors (Lipinski definition) is 3. The maximum absolute atomic E-state index is 6.17. The molecule has 0 bridgehead atoms. The zero-order valence-electron chi connectivity index (χ0n) is 13.1. The lowest BCUT2D eigenvalue weighted by atomic mass is 9.85. The Bertz CT molecular complexity index is 508. The van der Waals surface area contributed by atoms with Gasteiger partial charge in [0.2, 0.25) is 0 Å². The summed E-state index contributed by atoms with van der Waals surface area (Å²) in [7, 11) is 0. The first kappa shape index (κ1) is 14.6. The fourth-order valence-electron chi connectivity index (χ4n) is 2.81. The molecule has 1 aromatic heterocycles. The lowest BCUT2D eigenvalue weighted by Gasteiger charge is -2.25. The highest BCUT2D eigenvalue weighted by Gasteiger charge is 2.22. The van der Waals surface area contributed by atoms with Crippen LogP contribution in [0.2, 0.25) is 0 Å². The van der Waals surface area contributed by atoms with Gasteiger partial charge in [-0.3, -0.25) is 4.98 Å². The number of aryl methyl sites for hydroxylation is 1. The van der Waals surface area contributed by atoms with Crippen molar-refractivity contribution in [3.8, 4) is 5.75 Å². The zero-order valence-corrected chi connectivity index (χ0v) is 13.1. The van der Waals surface area contributed by atoms with Crippen LogP contribution in [0.15, 0.2) is 24.4 Å². The first-order valence-electron chi connectivity index (χ1n) is 8.19. The fourth-order valence-corrected chi connectivity index (χ4v) is 2.81. The Hall–Kier alpha value is -1.35. The van der Waals surface area contributed by atoms with Gasteiger partial charge < -0.3 is 10.1 Å². The first-order valence-corrected chi connectivity index (χ1v) is 8.19. The summed E-state index contributed by atoms with van der Waals surface area (Å²) in [6, 6.07) is 2.79. The van der Waals surface area contributed by atoms with Crippen molar-refractivity contribution in [2.24, 2.45) is 11.8 Å². The minimum Gasteiger partial charge on any atom is -0.493 e. The zero-order chi connectivity index (χ0) is 14.7. The molecule has 1 saturated carbocycles. The van der Waals surface area contributed by atoms with Gasteiger partial charge in [0.05, 0.1) is 6.61 Å². The van der Waals surface area contributed by atoms with Crippen LogP contribution in [0.25, 0.3) is 0 Å². The van der Waals surface area contributed by atoms with Crippen LogP contribution in [0.4, 0.5) is 0 Å². The Balaban J connectivity index is 1.62. The molecule has 0 amide bonds. The Kier molecular flexibility index (Phi) is 4.59. The minimum absolute atomic E-state index is 0.632. The normalized spacial score (nSPS) is 25.0. The van der Waals surface area contributed by atoms with Gasteiger partial charge >= 0.3 is 0 Å². The molecule has 2 unspecified atom stereocenters. The van der Waals surface area contributed by atoms with E-state index in [9.17, 15) is 0 Å². The second kappa shape index (κ2) is 6.61. The molecule has 0 aromatic carbocycles. The molecule has 21 heavy (non-hydrogen) atoms. The lowest BCUT2D eigenvalue weighted by Crippen LogP contribution is -2.22. The molecule has 1 fully saturated rings. The molecule has 3 nitrogen and oxygen atoms in total. The number of allylic oxidation sites excluding steroid dienone is 2. The van der Waals surface area contributed by atoms with Crippen LogP contribution in [0.3, 0.4) is 0 Å². The van der Waals surface area contributed by atoms with Crippen molar-refractivity contribution in [3.05, 3.63) is 35.7 Å². The van der Waals surface area contributed by atoms with Crippen molar-refractivity contribution in [2.45, 2.75) is 52.1 Å². The van der Waals surface area contributed by atoms with E-state index in [0.717, 1.165) is 31.0 Å². The average molecular weight is 286 g/mol. The highest BCUT2D eigenvalue weighted by molar-refractivity contribution is 5.33. The summed E-state index contributed by atoms with van der Waals surface area (Å²) in [4.78, 5) is 4.42. The minimum atomic E-state index is 0.632. The van der Waals surface area contributed by atoms with E-state index in [1.807, 2.05) is 13.1 Å². The molecule has 2 aliphatic carbocycles. The number of rotatable bonds is 6. The molecule has 0 radical (unpaired) electrons. The van der Waals surface area contributed by atoms with E-state index in [0.29, 0.717) is 17.9 Å². The van der Waals surface area contributed by atoms with Crippen LogP contribution in [-0.2, 0) is 6.54 Å². The molecule has 2 aliphatic rings. The standard InChI is InChI=1S/C18H26N2O/c1-13-5-3-4-6-15(13)12-21-18-9-14(2)19-10-16(18)11-20-17-7-8-17/h3-4,9-10,13,15,17,20H,5-8,11-12H2,1-2H3. The van der Waals surface area contributed by atoms with Crippen molar-refractivity contribution >= 4 is 0 Å². The topological polar surface area (TPSA) is 34.1 Å². The molecule has 0 spiro atoms. The molecule has 0 saturated heterocycles. The van der Waals surface area contributed by atoms with Gasteiger partial charge in [-0.1, -0.05) is 19.1 Å². The van der Waals surface area contributed by atoms with E-state index < -0.39 is 0 Å². The van der Waals surface area contributed by atoms with Crippen LogP contribution < -0.4 is 10.1 Å². The summed E-state index contributed by atoms with van der Waals surface area (Å²) in [5, 5.41) is 3.55. The van der Waals surface area contributed by atoms with Crippen molar-refractivity contribution in [2.75, 3.05) is 6.61 Å². The number of nitrogens with zero attached hydrogens (tertiary/aromatic N) is 1. The first-order chi connectivity index (χ1) is 10.2. The molecule has 1 N–H and O–H groups in total. The summed E-state index contributed by atoms with van der Waals surface area (Å²) < 4.78 is 6.17. The van der Waals surface area contributed by atoms with Crippen LogP contribution in [-0.4, -0.2) is 17.6 Å². The van der Waals surface area contributed by atoms with E-state index in [1.165, 1.54) is 24.8 Å². The van der Waals surface area contributed by atoms with Crippen molar-refractivity contribution in [1.82, 2.24) is 10.3 Å². The van der Waals surface area contributed by atoms with Crippen LogP contribution in [0.1, 0.15) is 43.9 Å². The molecule has 1 heterocycles.